The number of halogens is 2. The summed E-state index contributed by atoms with van der Waals surface area (Å²) in [5.74, 6) is -3.45. The summed E-state index contributed by atoms with van der Waals surface area (Å²) in [6.07, 6.45) is 2.93. The van der Waals surface area contributed by atoms with Gasteiger partial charge >= 0.3 is 5.97 Å². The second-order valence-electron chi connectivity index (χ2n) is 9.48. The van der Waals surface area contributed by atoms with E-state index in [0.29, 0.717) is 22.8 Å². The first kappa shape index (κ1) is 23.7. The molecule has 3 heterocycles. The lowest BCUT2D eigenvalue weighted by atomic mass is 10.0. The molecule has 3 aromatic rings. The summed E-state index contributed by atoms with van der Waals surface area (Å²) >= 11 is 0. The summed E-state index contributed by atoms with van der Waals surface area (Å²) in [5, 5.41) is 22.6. The normalized spacial score (nSPS) is 18.0. The van der Waals surface area contributed by atoms with E-state index in [-0.39, 0.29) is 42.9 Å². The average Bonchev–Trinajstić information content (AvgIpc) is 3.69. The van der Waals surface area contributed by atoms with Crippen LogP contribution in [0.15, 0.2) is 41.3 Å². The van der Waals surface area contributed by atoms with Crippen molar-refractivity contribution >= 4 is 23.1 Å². The number of para-hydroxylation sites is 1. The summed E-state index contributed by atoms with van der Waals surface area (Å²) in [6.45, 7) is 1.81. The van der Waals surface area contributed by atoms with Crippen LogP contribution >= 0.6 is 0 Å². The van der Waals surface area contributed by atoms with Crippen LogP contribution in [-0.2, 0) is 0 Å². The fourth-order valence-corrected chi connectivity index (χ4v) is 4.71. The zero-order valence-electron chi connectivity index (χ0n) is 19.7. The standard InChI is InChI=1S/C26H25F2N5O3/c1-15(30-21-5-3-2-4-18(21)25(35)36)19-12-17(16-6-7-16)14-33-23(19)31-22(20(13-29)24(33)34)32-10-8-26(27,28)9-11-32/h2-5,12,14-16,30H,6-11H2,1H3,(H,35,36). The van der Waals surface area contributed by atoms with Crippen LogP contribution in [0.1, 0.15) is 71.6 Å². The lowest BCUT2D eigenvalue weighted by Crippen LogP contribution is -2.41. The molecule has 2 aromatic heterocycles. The van der Waals surface area contributed by atoms with Crippen molar-refractivity contribution in [1.29, 1.82) is 5.26 Å². The van der Waals surface area contributed by atoms with Gasteiger partial charge in [-0.25, -0.2) is 18.6 Å². The zero-order chi connectivity index (χ0) is 25.6. The molecule has 1 aliphatic carbocycles. The molecule has 8 nitrogen and oxygen atoms in total. The van der Waals surface area contributed by atoms with Gasteiger partial charge in [-0.05, 0) is 49.4 Å². The van der Waals surface area contributed by atoms with Gasteiger partial charge in [0.15, 0.2) is 11.4 Å². The van der Waals surface area contributed by atoms with Crippen LogP contribution in [-0.4, -0.2) is 39.5 Å². The molecule has 0 radical (unpaired) electrons. The minimum Gasteiger partial charge on any atom is -0.478 e. The smallest absolute Gasteiger partial charge is 0.337 e. The van der Waals surface area contributed by atoms with Crippen molar-refractivity contribution < 1.29 is 18.7 Å². The van der Waals surface area contributed by atoms with Crippen LogP contribution in [0.3, 0.4) is 0 Å². The predicted molar refractivity (Wildman–Crippen MR) is 130 cm³/mol. The van der Waals surface area contributed by atoms with Crippen LogP contribution in [0.2, 0.25) is 0 Å². The number of rotatable bonds is 6. The maximum absolute atomic E-state index is 13.8. The van der Waals surface area contributed by atoms with E-state index < -0.39 is 23.5 Å². The number of pyridine rings is 1. The maximum atomic E-state index is 13.8. The Morgan fingerprint density at radius 2 is 1.97 bits per heavy atom. The molecule has 2 fully saturated rings. The SMILES string of the molecule is CC(Nc1ccccc1C(=O)O)c1cc(C2CC2)cn2c(=O)c(C#N)c(N3CCC(F)(F)CC3)nc12. The number of anilines is 2. The van der Waals surface area contributed by atoms with E-state index >= 15 is 0 Å². The molecule has 1 aliphatic heterocycles. The van der Waals surface area contributed by atoms with Gasteiger partial charge in [0.05, 0.1) is 11.6 Å². The largest absolute Gasteiger partial charge is 0.478 e. The summed E-state index contributed by atoms with van der Waals surface area (Å²) in [4.78, 5) is 31.4. The second-order valence-corrected chi connectivity index (χ2v) is 9.48. The summed E-state index contributed by atoms with van der Waals surface area (Å²) in [7, 11) is 0. The number of nitriles is 1. The molecule has 10 heteroatoms. The number of piperidine rings is 1. The fraction of sp³-hybridized carbons (Fsp3) is 0.385. The van der Waals surface area contributed by atoms with Crippen molar-refractivity contribution in [3.8, 4) is 6.07 Å². The highest BCUT2D eigenvalue weighted by Crippen LogP contribution is 2.41. The number of aromatic nitrogens is 2. The predicted octanol–water partition coefficient (Wildman–Crippen LogP) is 4.55. The quantitative estimate of drug-likeness (QED) is 0.518. The van der Waals surface area contributed by atoms with E-state index in [0.717, 1.165) is 18.4 Å². The van der Waals surface area contributed by atoms with Gasteiger partial charge in [0.25, 0.3) is 11.5 Å². The molecule has 1 aromatic carbocycles. The molecule has 0 spiro atoms. The third-order valence-electron chi connectivity index (χ3n) is 6.91. The number of carboxylic acid groups (broad SMARTS) is 1. The summed E-state index contributed by atoms with van der Waals surface area (Å²) in [5.41, 5.74) is 1.72. The van der Waals surface area contributed by atoms with Gasteiger partial charge in [-0.3, -0.25) is 9.20 Å². The van der Waals surface area contributed by atoms with Gasteiger partial charge in [0.1, 0.15) is 11.7 Å². The van der Waals surface area contributed by atoms with Crippen LogP contribution in [0.5, 0.6) is 0 Å². The first-order valence-corrected chi connectivity index (χ1v) is 11.9. The van der Waals surface area contributed by atoms with Crippen LogP contribution in [0.4, 0.5) is 20.3 Å². The lowest BCUT2D eigenvalue weighted by molar-refractivity contribution is -0.0221. The number of benzene rings is 1. The van der Waals surface area contributed by atoms with Gasteiger partial charge in [0, 0.05) is 43.4 Å². The molecule has 5 rings (SSSR count). The molecule has 1 unspecified atom stereocenters. The van der Waals surface area contributed by atoms with Gasteiger partial charge in [0.2, 0.25) is 0 Å². The minimum atomic E-state index is -2.78. The van der Waals surface area contributed by atoms with Crippen LogP contribution in [0, 0.1) is 11.3 Å². The maximum Gasteiger partial charge on any atom is 0.337 e. The van der Waals surface area contributed by atoms with Crippen molar-refractivity contribution in [3.05, 3.63) is 69.1 Å². The molecule has 1 saturated heterocycles. The highest BCUT2D eigenvalue weighted by molar-refractivity contribution is 5.94. The Morgan fingerprint density at radius 3 is 2.61 bits per heavy atom. The molecule has 2 N–H and O–H groups in total. The highest BCUT2D eigenvalue weighted by Gasteiger charge is 2.36. The number of hydrogen-bond acceptors (Lipinski definition) is 6. The summed E-state index contributed by atoms with van der Waals surface area (Å²) < 4.78 is 28.9. The molecule has 186 valence electrons. The van der Waals surface area contributed by atoms with E-state index in [1.54, 1.807) is 29.3 Å². The van der Waals surface area contributed by atoms with Crippen LogP contribution < -0.4 is 15.8 Å². The Labute approximate surface area is 205 Å². The van der Waals surface area contributed by atoms with Gasteiger partial charge < -0.3 is 15.3 Å². The van der Waals surface area contributed by atoms with E-state index in [1.807, 2.05) is 19.1 Å². The van der Waals surface area contributed by atoms with Crippen molar-refractivity contribution in [2.75, 3.05) is 23.3 Å². The first-order valence-electron chi connectivity index (χ1n) is 11.9. The van der Waals surface area contributed by atoms with Gasteiger partial charge in [-0.2, -0.15) is 5.26 Å². The average molecular weight is 494 g/mol. The van der Waals surface area contributed by atoms with E-state index in [9.17, 15) is 28.7 Å². The Morgan fingerprint density at radius 1 is 1.28 bits per heavy atom. The van der Waals surface area contributed by atoms with Crippen molar-refractivity contribution in [2.24, 2.45) is 0 Å². The minimum absolute atomic E-state index is 0.0143. The monoisotopic (exact) mass is 493 g/mol. The molecule has 36 heavy (non-hydrogen) atoms. The molecule has 1 saturated carbocycles. The second kappa shape index (κ2) is 8.90. The molecule has 0 amide bonds. The molecular formula is C26H25F2N5O3. The number of alkyl halides is 2. The lowest BCUT2D eigenvalue weighted by Gasteiger charge is -2.33. The number of carbonyl (C=O) groups is 1. The highest BCUT2D eigenvalue weighted by atomic mass is 19.3. The van der Waals surface area contributed by atoms with Crippen molar-refractivity contribution in [2.45, 2.75) is 50.5 Å². The van der Waals surface area contributed by atoms with Crippen LogP contribution in [0.25, 0.3) is 5.65 Å². The topological polar surface area (TPSA) is 111 Å². The number of nitrogens with one attached hydrogen (secondary N) is 1. The number of nitrogens with zero attached hydrogens (tertiary/aromatic N) is 4. The van der Waals surface area contributed by atoms with Gasteiger partial charge in [-0.1, -0.05) is 12.1 Å². The third-order valence-corrected chi connectivity index (χ3v) is 6.91. The number of carboxylic acids is 1. The van der Waals surface area contributed by atoms with Crippen molar-refractivity contribution in [3.63, 3.8) is 0 Å². The third kappa shape index (κ3) is 4.37. The Kier molecular flexibility index (Phi) is 5.86. The molecule has 0 bridgehead atoms. The number of aromatic carboxylic acids is 1. The number of fused-ring (bicyclic) bond motifs is 1. The van der Waals surface area contributed by atoms with Crippen molar-refractivity contribution in [1.82, 2.24) is 9.38 Å². The Balaban J connectivity index is 1.64. The van der Waals surface area contributed by atoms with Gasteiger partial charge in [-0.15, -0.1) is 0 Å². The Bertz CT molecular complexity index is 1450. The molecular weight excluding hydrogens is 468 g/mol. The van der Waals surface area contributed by atoms with E-state index in [1.165, 1.54) is 10.5 Å². The fourth-order valence-electron chi connectivity index (χ4n) is 4.71. The molecule has 1 atom stereocenters. The Hall–Kier alpha value is -4.00. The summed E-state index contributed by atoms with van der Waals surface area (Å²) in [6, 6.07) is 9.99. The number of hydrogen-bond donors (Lipinski definition) is 2. The molecule has 2 aliphatic rings. The van der Waals surface area contributed by atoms with E-state index in [4.69, 9.17) is 0 Å². The van der Waals surface area contributed by atoms with E-state index in [2.05, 4.69) is 10.3 Å². The first-order chi connectivity index (χ1) is 17.2. The zero-order valence-corrected chi connectivity index (χ0v) is 19.7.